The maximum atomic E-state index is 12.0. The third kappa shape index (κ3) is 5.88. The molecule has 4 heteroatoms. The third-order valence-electron chi connectivity index (χ3n) is 3.95. The smallest absolute Gasteiger partial charge is 0.313 e. The Labute approximate surface area is 133 Å². The first kappa shape index (κ1) is 18.2. The predicted molar refractivity (Wildman–Crippen MR) is 90.8 cm³/mol. The summed E-state index contributed by atoms with van der Waals surface area (Å²) < 4.78 is 0. The van der Waals surface area contributed by atoms with E-state index in [1.807, 2.05) is 31.2 Å². The van der Waals surface area contributed by atoms with Crippen molar-refractivity contribution in [3.63, 3.8) is 0 Å². The maximum absolute atomic E-state index is 12.0. The summed E-state index contributed by atoms with van der Waals surface area (Å²) in [5.41, 5.74) is 1.74. The highest BCUT2D eigenvalue weighted by Gasteiger charge is 2.16. The van der Waals surface area contributed by atoms with E-state index in [9.17, 15) is 9.59 Å². The van der Waals surface area contributed by atoms with Gasteiger partial charge in [-0.2, -0.15) is 0 Å². The topological polar surface area (TPSA) is 58.2 Å². The Morgan fingerprint density at radius 2 is 1.82 bits per heavy atom. The average molecular weight is 304 g/mol. The molecule has 0 aliphatic rings. The van der Waals surface area contributed by atoms with E-state index in [1.165, 1.54) is 0 Å². The largest absolute Gasteiger partial charge is 0.348 e. The van der Waals surface area contributed by atoms with Crippen molar-refractivity contribution < 1.29 is 9.59 Å². The maximum Gasteiger partial charge on any atom is 0.313 e. The first-order valence-electron chi connectivity index (χ1n) is 8.29. The number of carbonyl (C=O) groups is 2. The van der Waals surface area contributed by atoms with Gasteiger partial charge in [-0.05, 0) is 30.4 Å². The molecular weight excluding hydrogens is 276 g/mol. The highest BCUT2D eigenvalue weighted by Crippen LogP contribution is 2.15. The van der Waals surface area contributed by atoms with Gasteiger partial charge in [-0.15, -0.1) is 0 Å². The Bertz CT molecular complexity index is 486. The summed E-state index contributed by atoms with van der Waals surface area (Å²) in [6.45, 7) is 6.86. The molecule has 1 unspecified atom stereocenters. The van der Waals surface area contributed by atoms with Gasteiger partial charge >= 0.3 is 11.8 Å². The summed E-state index contributed by atoms with van der Waals surface area (Å²) >= 11 is 0. The van der Waals surface area contributed by atoms with Crippen molar-refractivity contribution in [2.75, 3.05) is 11.9 Å². The third-order valence-corrected chi connectivity index (χ3v) is 3.95. The number of para-hydroxylation sites is 1. The molecule has 0 aliphatic carbocycles. The molecule has 22 heavy (non-hydrogen) atoms. The van der Waals surface area contributed by atoms with Gasteiger partial charge in [-0.1, -0.05) is 58.2 Å². The molecule has 4 nitrogen and oxygen atoms in total. The summed E-state index contributed by atoms with van der Waals surface area (Å²) in [6.07, 6.45) is 5.23. The Balaban J connectivity index is 2.49. The number of nitrogens with one attached hydrogen (secondary N) is 2. The fourth-order valence-electron chi connectivity index (χ4n) is 2.39. The second kappa shape index (κ2) is 9.98. The van der Waals surface area contributed by atoms with Crippen molar-refractivity contribution in [1.82, 2.24) is 5.32 Å². The molecule has 1 aromatic rings. The minimum Gasteiger partial charge on any atom is -0.348 e. The monoisotopic (exact) mass is 304 g/mol. The lowest BCUT2D eigenvalue weighted by Gasteiger charge is -2.15. The fraction of sp³-hybridized carbons (Fsp3) is 0.556. The molecule has 0 saturated heterocycles. The van der Waals surface area contributed by atoms with Gasteiger partial charge in [-0.25, -0.2) is 0 Å². The van der Waals surface area contributed by atoms with Crippen LogP contribution in [0.25, 0.3) is 0 Å². The van der Waals surface area contributed by atoms with E-state index in [0.29, 0.717) is 18.2 Å². The quantitative estimate of drug-likeness (QED) is 0.722. The van der Waals surface area contributed by atoms with Gasteiger partial charge in [0, 0.05) is 12.2 Å². The molecule has 0 heterocycles. The Morgan fingerprint density at radius 1 is 1.09 bits per heavy atom. The minimum absolute atomic E-state index is 0.444. The van der Waals surface area contributed by atoms with E-state index in [2.05, 4.69) is 24.5 Å². The second-order valence-electron chi connectivity index (χ2n) is 5.59. The molecule has 2 amide bonds. The van der Waals surface area contributed by atoms with Crippen LogP contribution in [0.2, 0.25) is 0 Å². The Morgan fingerprint density at radius 3 is 2.45 bits per heavy atom. The molecule has 1 rings (SSSR count). The number of anilines is 1. The second-order valence-corrected chi connectivity index (χ2v) is 5.59. The first-order chi connectivity index (χ1) is 10.6. The van der Waals surface area contributed by atoms with Crippen molar-refractivity contribution in [1.29, 1.82) is 0 Å². The van der Waals surface area contributed by atoms with E-state index < -0.39 is 11.8 Å². The minimum atomic E-state index is -0.591. The van der Waals surface area contributed by atoms with Crippen LogP contribution < -0.4 is 10.6 Å². The summed E-state index contributed by atoms with van der Waals surface area (Å²) in [4.78, 5) is 23.9. The molecule has 0 aliphatic heterocycles. The van der Waals surface area contributed by atoms with Crippen molar-refractivity contribution >= 4 is 17.5 Å². The molecule has 0 radical (unpaired) electrons. The number of carbonyl (C=O) groups excluding carboxylic acids is 2. The molecule has 0 saturated carbocycles. The van der Waals surface area contributed by atoms with Crippen LogP contribution >= 0.6 is 0 Å². The van der Waals surface area contributed by atoms with Crippen molar-refractivity contribution in [2.45, 2.75) is 52.9 Å². The number of unbranched alkanes of at least 4 members (excludes halogenated alkanes) is 1. The SMILES string of the molecule is CCCCC(CC)CNC(=O)C(=O)Nc1ccccc1CC. The van der Waals surface area contributed by atoms with Gasteiger partial charge in [0.15, 0.2) is 0 Å². The van der Waals surface area contributed by atoms with Crippen molar-refractivity contribution in [3.05, 3.63) is 29.8 Å². The molecule has 0 fully saturated rings. The number of amides is 2. The fourth-order valence-corrected chi connectivity index (χ4v) is 2.39. The van der Waals surface area contributed by atoms with Gasteiger partial charge < -0.3 is 10.6 Å². The summed E-state index contributed by atoms with van der Waals surface area (Å²) in [5.74, 6) is -0.702. The van der Waals surface area contributed by atoms with E-state index in [1.54, 1.807) is 0 Å². The van der Waals surface area contributed by atoms with Crippen LogP contribution in [0.1, 0.15) is 52.0 Å². The number of hydrogen-bond acceptors (Lipinski definition) is 2. The lowest BCUT2D eigenvalue weighted by Crippen LogP contribution is -2.38. The van der Waals surface area contributed by atoms with Gasteiger partial charge in [0.25, 0.3) is 0 Å². The predicted octanol–water partition coefficient (Wildman–Crippen LogP) is 3.52. The number of rotatable bonds is 8. The molecular formula is C18H28N2O2. The van der Waals surface area contributed by atoms with Crippen LogP contribution in [0.5, 0.6) is 0 Å². The summed E-state index contributed by atoms with van der Waals surface area (Å²) in [6, 6.07) is 7.55. The van der Waals surface area contributed by atoms with Crippen molar-refractivity contribution in [3.8, 4) is 0 Å². The highest BCUT2D eigenvalue weighted by atomic mass is 16.2. The first-order valence-corrected chi connectivity index (χ1v) is 8.29. The van der Waals surface area contributed by atoms with Crippen LogP contribution in [0.4, 0.5) is 5.69 Å². The number of hydrogen-bond donors (Lipinski definition) is 2. The normalized spacial score (nSPS) is 11.8. The van der Waals surface area contributed by atoms with Crippen LogP contribution in [0, 0.1) is 5.92 Å². The molecule has 1 aromatic carbocycles. The lowest BCUT2D eigenvalue weighted by atomic mass is 9.99. The van der Waals surface area contributed by atoms with Crippen LogP contribution in [-0.2, 0) is 16.0 Å². The van der Waals surface area contributed by atoms with E-state index >= 15 is 0 Å². The van der Waals surface area contributed by atoms with Crippen LogP contribution in [-0.4, -0.2) is 18.4 Å². The standard InChI is InChI=1S/C18H28N2O2/c1-4-7-10-14(5-2)13-19-17(21)18(22)20-16-12-9-8-11-15(16)6-3/h8-9,11-12,14H,4-7,10,13H2,1-3H3,(H,19,21)(H,20,22). The van der Waals surface area contributed by atoms with Crippen LogP contribution in [0.3, 0.4) is 0 Å². The van der Waals surface area contributed by atoms with Gasteiger partial charge in [0.2, 0.25) is 0 Å². The molecule has 1 atom stereocenters. The number of benzene rings is 1. The zero-order chi connectivity index (χ0) is 16.4. The zero-order valence-corrected chi connectivity index (χ0v) is 13.9. The van der Waals surface area contributed by atoms with Crippen molar-refractivity contribution in [2.24, 2.45) is 5.92 Å². The summed E-state index contributed by atoms with van der Waals surface area (Å²) in [5, 5.41) is 5.44. The summed E-state index contributed by atoms with van der Waals surface area (Å²) in [7, 11) is 0. The lowest BCUT2D eigenvalue weighted by molar-refractivity contribution is -0.136. The molecule has 2 N–H and O–H groups in total. The van der Waals surface area contributed by atoms with E-state index in [4.69, 9.17) is 0 Å². The van der Waals surface area contributed by atoms with Gasteiger partial charge in [0.05, 0.1) is 0 Å². The van der Waals surface area contributed by atoms with Gasteiger partial charge in [-0.3, -0.25) is 9.59 Å². The average Bonchev–Trinajstić information content (AvgIpc) is 2.55. The van der Waals surface area contributed by atoms with E-state index in [0.717, 1.165) is 37.7 Å². The molecule has 0 aromatic heterocycles. The molecule has 122 valence electrons. The molecule has 0 bridgehead atoms. The number of aryl methyl sites for hydroxylation is 1. The van der Waals surface area contributed by atoms with Crippen LogP contribution in [0.15, 0.2) is 24.3 Å². The Hall–Kier alpha value is -1.84. The van der Waals surface area contributed by atoms with E-state index in [-0.39, 0.29) is 0 Å². The van der Waals surface area contributed by atoms with Gasteiger partial charge in [0.1, 0.15) is 0 Å². The zero-order valence-electron chi connectivity index (χ0n) is 13.9. The molecule has 0 spiro atoms. The Kier molecular flexibility index (Phi) is 8.26. The highest BCUT2D eigenvalue weighted by molar-refractivity contribution is 6.39.